The van der Waals surface area contributed by atoms with Crippen molar-refractivity contribution in [3.8, 4) is 11.1 Å². The van der Waals surface area contributed by atoms with Crippen LogP contribution in [-0.2, 0) is 9.59 Å². The summed E-state index contributed by atoms with van der Waals surface area (Å²) in [7, 11) is 0. The summed E-state index contributed by atoms with van der Waals surface area (Å²) in [5.74, 6) is 2.31. The highest BCUT2D eigenvalue weighted by atomic mass is 16.2. The topological polar surface area (TPSA) is 58.5 Å². The van der Waals surface area contributed by atoms with Crippen LogP contribution in [0.15, 0.2) is 53.5 Å². The predicted molar refractivity (Wildman–Crippen MR) is 142 cm³/mol. The SMILES string of the molecule is C[C@]12CCC(=O)CC1=NC[C@@H]1[C@H]2CC[C@]2(C)C(C(=O)NC3c4ccccc4-c4ccccc43)CC[C@@H]12. The second-order valence-corrected chi connectivity index (χ2v) is 12.6. The van der Waals surface area contributed by atoms with E-state index in [-0.39, 0.29) is 28.7 Å². The van der Waals surface area contributed by atoms with Crippen molar-refractivity contribution in [3.63, 3.8) is 0 Å². The smallest absolute Gasteiger partial charge is 0.224 e. The number of benzene rings is 2. The van der Waals surface area contributed by atoms with Gasteiger partial charge in [0, 0.05) is 36.4 Å². The molecule has 186 valence electrons. The van der Waals surface area contributed by atoms with E-state index in [0.29, 0.717) is 36.4 Å². The van der Waals surface area contributed by atoms with Crippen LogP contribution in [0.4, 0.5) is 0 Å². The average molecular weight is 481 g/mol. The lowest BCUT2D eigenvalue weighted by Gasteiger charge is -2.56. The van der Waals surface area contributed by atoms with Crippen molar-refractivity contribution >= 4 is 17.4 Å². The Morgan fingerprint density at radius 3 is 2.33 bits per heavy atom. The number of carbonyl (C=O) groups excluding carboxylic acids is 2. The molecular formula is C32H36N2O2. The number of Topliss-reactive ketones (excluding diaryl/α,β-unsaturated/α-hetero) is 1. The first-order valence-corrected chi connectivity index (χ1v) is 13.9. The third-order valence-corrected chi connectivity index (χ3v) is 11.1. The first-order valence-electron chi connectivity index (χ1n) is 13.9. The standard InChI is InChI=1S/C32H36N2O2/c1-31-16-14-26-24(18-33-28-17-19(35)13-15-32(26,28)2)25(31)11-12-27(31)30(36)34-29-22-9-5-3-7-20(22)21-8-4-6-10-23(21)29/h3-10,24-27,29H,11-18H2,1-2H3,(H,34,36)/t24-,25-,26+,27?,31-,32+/m0/s1. The Bertz CT molecular complexity index is 1250. The molecule has 0 aromatic heterocycles. The van der Waals surface area contributed by atoms with Crippen LogP contribution in [-0.4, -0.2) is 23.9 Å². The number of hydrogen-bond acceptors (Lipinski definition) is 3. The van der Waals surface area contributed by atoms with Crippen molar-refractivity contribution in [1.29, 1.82) is 0 Å². The lowest BCUT2D eigenvalue weighted by atomic mass is 9.49. The Labute approximate surface area is 214 Å². The summed E-state index contributed by atoms with van der Waals surface area (Å²) in [4.78, 5) is 31.2. The molecule has 1 heterocycles. The number of ketones is 1. The zero-order valence-corrected chi connectivity index (χ0v) is 21.4. The molecule has 1 unspecified atom stereocenters. The van der Waals surface area contributed by atoms with Crippen molar-refractivity contribution in [2.45, 2.75) is 64.8 Å². The molecule has 0 bridgehead atoms. The lowest BCUT2D eigenvalue weighted by Crippen LogP contribution is -2.55. The fourth-order valence-electron chi connectivity index (χ4n) is 9.19. The number of nitrogens with zero attached hydrogens (tertiary/aromatic N) is 1. The largest absolute Gasteiger partial charge is 0.345 e. The number of rotatable bonds is 2. The van der Waals surface area contributed by atoms with Crippen LogP contribution in [0.5, 0.6) is 0 Å². The number of carbonyl (C=O) groups is 2. The Morgan fingerprint density at radius 1 is 0.917 bits per heavy atom. The minimum atomic E-state index is -0.0654. The van der Waals surface area contributed by atoms with Crippen molar-refractivity contribution in [1.82, 2.24) is 5.32 Å². The van der Waals surface area contributed by atoms with Crippen LogP contribution >= 0.6 is 0 Å². The van der Waals surface area contributed by atoms with Gasteiger partial charge in [0.1, 0.15) is 5.78 Å². The fourth-order valence-corrected chi connectivity index (χ4v) is 9.19. The minimum absolute atomic E-state index is 0.0246. The molecule has 1 N–H and O–H groups in total. The normalized spacial score (nSPS) is 36.7. The zero-order chi connectivity index (χ0) is 24.7. The molecule has 2 aromatic carbocycles. The first kappa shape index (κ1) is 22.4. The molecule has 4 heteroatoms. The third kappa shape index (κ3) is 3.02. The maximum Gasteiger partial charge on any atom is 0.224 e. The number of fused-ring (bicyclic) bond motifs is 8. The highest BCUT2D eigenvalue weighted by Crippen LogP contribution is 2.64. The van der Waals surface area contributed by atoms with Gasteiger partial charge in [-0.2, -0.15) is 0 Å². The van der Waals surface area contributed by atoms with Crippen molar-refractivity contribution in [3.05, 3.63) is 59.7 Å². The number of amides is 1. The van der Waals surface area contributed by atoms with E-state index in [1.807, 2.05) is 0 Å². The van der Waals surface area contributed by atoms with E-state index in [4.69, 9.17) is 4.99 Å². The van der Waals surface area contributed by atoms with Crippen LogP contribution in [0, 0.1) is 34.5 Å². The molecule has 0 radical (unpaired) electrons. The van der Waals surface area contributed by atoms with Gasteiger partial charge in [0.05, 0.1) is 6.04 Å². The molecule has 2 aromatic rings. The van der Waals surface area contributed by atoms with E-state index in [9.17, 15) is 9.59 Å². The van der Waals surface area contributed by atoms with E-state index in [1.165, 1.54) is 28.0 Å². The van der Waals surface area contributed by atoms with Gasteiger partial charge in [-0.15, -0.1) is 0 Å². The Kier molecular flexibility index (Phi) is 4.91. The highest BCUT2D eigenvalue weighted by molar-refractivity contribution is 6.07. The maximum absolute atomic E-state index is 14.0. The number of aliphatic imine (C=N–C) groups is 1. The molecule has 4 aliphatic carbocycles. The van der Waals surface area contributed by atoms with Gasteiger partial charge < -0.3 is 5.32 Å². The molecule has 0 saturated heterocycles. The quantitative estimate of drug-likeness (QED) is 0.561. The van der Waals surface area contributed by atoms with Crippen molar-refractivity contribution in [2.24, 2.45) is 39.5 Å². The van der Waals surface area contributed by atoms with E-state index >= 15 is 0 Å². The fraction of sp³-hybridized carbons (Fsp3) is 0.531. The molecule has 3 fully saturated rings. The van der Waals surface area contributed by atoms with E-state index < -0.39 is 0 Å². The summed E-state index contributed by atoms with van der Waals surface area (Å²) < 4.78 is 0. The maximum atomic E-state index is 14.0. The van der Waals surface area contributed by atoms with Gasteiger partial charge in [-0.1, -0.05) is 62.4 Å². The molecular weight excluding hydrogens is 444 g/mol. The summed E-state index contributed by atoms with van der Waals surface area (Å²) in [5, 5.41) is 3.52. The second-order valence-electron chi connectivity index (χ2n) is 12.6. The van der Waals surface area contributed by atoms with Crippen LogP contribution in [0.1, 0.15) is 76.0 Å². The zero-order valence-electron chi connectivity index (χ0n) is 21.4. The van der Waals surface area contributed by atoms with Crippen LogP contribution < -0.4 is 5.32 Å². The van der Waals surface area contributed by atoms with Crippen LogP contribution in [0.2, 0.25) is 0 Å². The van der Waals surface area contributed by atoms with E-state index in [0.717, 1.165) is 38.6 Å². The summed E-state index contributed by atoms with van der Waals surface area (Å²) in [5.41, 5.74) is 6.18. The molecule has 4 nitrogen and oxygen atoms in total. The number of hydrogen-bond donors (Lipinski definition) is 1. The molecule has 6 atom stereocenters. The van der Waals surface area contributed by atoms with Crippen molar-refractivity contribution in [2.75, 3.05) is 6.54 Å². The Balaban J connectivity index is 1.15. The third-order valence-electron chi connectivity index (χ3n) is 11.1. The van der Waals surface area contributed by atoms with Gasteiger partial charge in [-0.3, -0.25) is 14.6 Å². The molecule has 1 aliphatic heterocycles. The summed E-state index contributed by atoms with van der Waals surface area (Å²) in [6.45, 7) is 5.63. The predicted octanol–water partition coefficient (Wildman–Crippen LogP) is 6.15. The Hall–Kier alpha value is -2.75. The summed E-state index contributed by atoms with van der Waals surface area (Å²) >= 11 is 0. The van der Waals surface area contributed by atoms with Gasteiger partial charge in [-0.05, 0) is 77.5 Å². The molecule has 7 rings (SSSR count). The monoisotopic (exact) mass is 480 g/mol. The Morgan fingerprint density at radius 2 is 1.61 bits per heavy atom. The van der Waals surface area contributed by atoms with E-state index in [1.54, 1.807) is 0 Å². The molecule has 3 saturated carbocycles. The molecule has 36 heavy (non-hydrogen) atoms. The van der Waals surface area contributed by atoms with Crippen LogP contribution in [0.25, 0.3) is 11.1 Å². The van der Waals surface area contributed by atoms with Gasteiger partial charge in [-0.25, -0.2) is 0 Å². The first-order chi connectivity index (χ1) is 17.4. The average Bonchev–Trinajstić information content (AvgIpc) is 3.40. The van der Waals surface area contributed by atoms with Crippen LogP contribution in [0.3, 0.4) is 0 Å². The highest BCUT2D eigenvalue weighted by Gasteiger charge is 2.60. The summed E-state index contributed by atoms with van der Waals surface area (Å²) in [6, 6.07) is 16.9. The minimum Gasteiger partial charge on any atom is -0.345 e. The molecule has 5 aliphatic rings. The summed E-state index contributed by atoms with van der Waals surface area (Å²) in [6.07, 6.45) is 6.57. The molecule has 0 spiro atoms. The molecule has 1 amide bonds. The van der Waals surface area contributed by atoms with Gasteiger partial charge in [0.15, 0.2) is 0 Å². The van der Waals surface area contributed by atoms with E-state index in [2.05, 4.69) is 67.7 Å². The number of nitrogens with one attached hydrogen (secondary N) is 1. The van der Waals surface area contributed by atoms with Gasteiger partial charge in [0.2, 0.25) is 5.91 Å². The van der Waals surface area contributed by atoms with Gasteiger partial charge in [0.25, 0.3) is 0 Å². The van der Waals surface area contributed by atoms with Crippen molar-refractivity contribution < 1.29 is 9.59 Å². The van der Waals surface area contributed by atoms with Gasteiger partial charge >= 0.3 is 0 Å². The second kappa shape index (κ2) is 7.87. The lowest BCUT2D eigenvalue weighted by molar-refractivity contribution is -0.132.